The first-order valence-corrected chi connectivity index (χ1v) is 10.7. The SMILES string of the molecule is C[C@@H]1CN(Cc2csc(-c3ccccc3Cl)n2)C[C@H]1C(=O)N1CCOCC1. The smallest absolute Gasteiger partial charge is 0.227 e. The number of nitrogens with zero attached hydrogens (tertiary/aromatic N) is 3. The van der Waals surface area contributed by atoms with Crippen molar-refractivity contribution in [1.29, 1.82) is 0 Å². The highest BCUT2D eigenvalue weighted by atomic mass is 35.5. The minimum Gasteiger partial charge on any atom is -0.378 e. The third-order valence-corrected chi connectivity index (χ3v) is 6.62. The summed E-state index contributed by atoms with van der Waals surface area (Å²) in [5.41, 5.74) is 2.02. The van der Waals surface area contributed by atoms with E-state index in [1.165, 1.54) is 0 Å². The summed E-state index contributed by atoms with van der Waals surface area (Å²) in [5, 5.41) is 3.77. The quantitative estimate of drug-likeness (QED) is 0.782. The van der Waals surface area contributed by atoms with Gasteiger partial charge < -0.3 is 9.64 Å². The number of likely N-dealkylation sites (tertiary alicyclic amines) is 1. The number of morpholine rings is 1. The molecule has 2 aliphatic rings. The number of hydrogen-bond acceptors (Lipinski definition) is 5. The van der Waals surface area contributed by atoms with Gasteiger partial charge in [-0.15, -0.1) is 11.3 Å². The van der Waals surface area contributed by atoms with Gasteiger partial charge in [0.1, 0.15) is 5.01 Å². The van der Waals surface area contributed by atoms with Gasteiger partial charge in [0.15, 0.2) is 0 Å². The Morgan fingerprint density at radius 3 is 2.85 bits per heavy atom. The molecular formula is C20H24ClN3O2S. The van der Waals surface area contributed by atoms with Crippen molar-refractivity contribution in [3.8, 4) is 10.6 Å². The molecule has 0 bridgehead atoms. The van der Waals surface area contributed by atoms with E-state index in [2.05, 4.69) is 17.2 Å². The zero-order chi connectivity index (χ0) is 18.8. The molecule has 2 fully saturated rings. The van der Waals surface area contributed by atoms with E-state index >= 15 is 0 Å². The molecule has 4 rings (SSSR count). The minimum atomic E-state index is 0.0739. The number of ether oxygens (including phenoxy) is 1. The second-order valence-corrected chi connectivity index (χ2v) is 8.60. The highest BCUT2D eigenvalue weighted by molar-refractivity contribution is 7.13. The number of amides is 1. The maximum absolute atomic E-state index is 12.9. The highest BCUT2D eigenvalue weighted by Gasteiger charge is 2.37. The Bertz CT molecular complexity index is 806. The second kappa shape index (κ2) is 8.27. The molecule has 1 aromatic carbocycles. The van der Waals surface area contributed by atoms with Crippen LogP contribution in [-0.2, 0) is 16.1 Å². The van der Waals surface area contributed by atoms with Crippen LogP contribution >= 0.6 is 22.9 Å². The fraction of sp³-hybridized carbons (Fsp3) is 0.500. The lowest BCUT2D eigenvalue weighted by Gasteiger charge is -2.30. The van der Waals surface area contributed by atoms with Gasteiger partial charge in [0.2, 0.25) is 5.91 Å². The number of halogens is 1. The van der Waals surface area contributed by atoms with Crippen LogP contribution < -0.4 is 0 Å². The highest BCUT2D eigenvalue weighted by Crippen LogP contribution is 2.31. The number of rotatable bonds is 4. The monoisotopic (exact) mass is 405 g/mol. The Morgan fingerprint density at radius 1 is 1.30 bits per heavy atom. The van der Waals surface area contributed by atoms with E-state index in [1.807, 2.05) is 29.2 Å². The van der Waals surface area contributed by atoms with Gasteiger partial charge in [-0.3, -0.25) is 9.69 Å². The summed E-state index contributed by atoms with van der Waals surface area (Å²) in [6.07, 6.45) is 0. The van der Waals surface area contributed by atoms with Crippen molar-refractivity contribution < 1.29 is 9.53 Å². The van der Waals surface area contributed by atoms with Gasteiger partial charge in [0.05, 0.1) is 29.8 Å². The molecule has 3 heterocycles. The zero-order valence-electron chi connectivity index (χ0n) is 15.4. The van der Waals surface area contributed by atoms with Gasteiger partial charge in [-0.2, -0.15) is 0 Å². The summed E-state index contributed by atoms with van der Waals surface area (Å²) in [6, 6.07) is 7.80. The molecule has 144 valence electrons. The van der Waals surface area contributed by atoms with Crippen LogP contribution in [0.4, 0.5) is 0 Å². The maximum atomic E-state index is 12.9. The Morgan fingerprint density at radius 2 is 2.07 bits per heavy atom. The predicted molar refractivity (Wildman–Crippen MR) is 108 cm³/mol. The molecule has 2 aliphatic heterocycles. The molecule has 2 atom stereocenters. The maximum Gasteiger partial charge on any atom is 0.227 e. The molecule has 0 radical (unpaired) electrons. The number of hydrogen-bond donors (Lipinski definition) is 0. The van der Waals surface area contributed by atoms with Crippen LogP contribution in [-0.4, -0.2) is 60.1 Å². The van der Waals surface area contributed by atoms with Gasteiger partial charge in [-0.25, -0.2) is 4.98 Å². The van der Waals surface area contributed by atoms with E-state index in [4.69, 9.17) is 21.3 Å². The molecule has 27 heavy (non-hydrogen) atoms. The molecule has 0 unspecified atom stereocenters. The third-order valence-electron chi connectivity index (χ3n) is 5.37. The first kappa shape index (κ1) is 18.9. The van der Waals surface area contributed by atoms with Crippen LogP contribution in [0.25, 0.3) is 10.6 Å². The average Bonchev–Trinajstić information content (AvgIpc) is 3.29. The van der Waals surface area contributed by atoms with E-state index in [9.17, 15) is 4.79 Å². The molecular weight excluding hydrogens is 382 g/mol. The molecule has 5 nitrogen and oxygen atoms in total. The van der Waals surface area contributed by atoms with Crippen LogP contribution in [0.5, 0.6) is 0 Å². The predicted octanol–water partition coefficient (Wildman–Crippen LogP) is 3.39. The van der Waals surface area contributed by atoms with E-state index in [0.29, 0.717) is 19.1 Å². The topological polar surface area (TPSA) is 45.7 Å². The summed E-state index contributed by atoms with van der Waals surface area (Å²) in [4.78, 5) is 21.9. The van der Waals surface area contributed by atoms with E-state index < -0.39 is 0 Å². The molecule has 0 spiro atoms. The normalized spacial score (nSPS) is 23.7. The van der Waals surface area contributed by atoms with Crippen molar-refractivity contribution in [1.82, 2.24) is 14.8 Å². The fourth-order valence-electron chi connectivity index (χ4n) is 3.90. The summed E-state index contributed by atoms with van der Waals surface area (Å²) < 4.78 is 5.37. The standard InChI is InChI=1S/C20H24ClN3O2S/c1-14-10-23(12-17(14)20(25)24-6-8-26-9-7-24)11-15-13-27-19(22-15)16-4-2-3-5-18(16)21/h2-5,13-14,17H,6-12H2,1H3/t14-,17-/m1/s1. The molecule has 0 N–H and O–H groups in total. The zero-order valence-corrected chi connectivity index (χ0v) is 17.0. The van der Waals surface area contributed by atoms with Gasteiger partial charge >= 0.3 is 0 Å². The van der Waals surface area contributed by atoms with Crippen molar-refractivity contribution in [2.45, 2.75) is 13.5 Å². The van der Waals surface area contributed by atoms with E-state index in [1.54, 1.807) is 11.3 Å². The second-order valence-electron chi connectivity index (χ2n) is 7.34. The molecule has 7 heteroatoms. The Labute approximate surface area is 168 Å². The number of carbonyl (C=O) groups is 1. The first-order chi connectivity index (χ1) is 13.1. The Balaban J connectivity index is 1.39. The molecule has 1 amide bonds. The molecule has 1 aromatic heterocycles. The molecule has 0 aliphatic carbocycles. The number of benzene rings is 1. The number of thiazole rings is 1. The summed E-state index contributed by atoms with van der Waals surface area (Å²) >= 11 is 7.91. The van der Waals surface area contributed by atoms with Crippen molar-refractivity contribution >= 4 is 28.8 Å². The van der Waals surface area contributed by atoms with E-state index in [-0.39, 0.29) is 11.8 Å². The largest absolute Gasteiger partial charge is 0.378 e. The fourth-order valence-corrected chi connectivity index (χ4v) is 5.03. The third kappa shape index (κ3) is 4.19. The number of aromatic nitrogens is 1. The van der Waals surface area contributed by atoms with Crippen molar-refractivity contribution in [2.75, 3.05) is 39.4 Å². The minimum absolute atomic E-state index is 0.0739. The lowest BCUT2D eigenvalue weighted by Crippen LogP contribution is -2.45. The Hall–Kier alpha value is -1.47. The summed E-state index contributed by atoms with van der Waals surface area (Å²) in [7, 11) is 0. The van der Waals surface area contributed by atoms with Crippen molar-refractivity contribution in [3.63, 3.8) is 0 Å². The average molecular weight is 406 g/mol. The van der Waals surface area contributed by atoms with Gasteiger partial charge in [0.25, 0.3) is 0 Å². The molecule has 2 aromatic rings. The van der Waals surface area contributed by atoms with Gasteiger partial charge in [-0.1, -0.05) is 36.7 Å². The molecule has 2 saturated heterocycles. The van der Waals surface area contributed by atoms with E-state index in [0.717, 1.165) is 54.0 Å². The summed E-state index contributed by atoms with van der Waals surface area (Å²) in [5.74, 6) is 0.718. The van der Waals surface area contributed by atoms with Crippen LogP contribution in [0.2, 0.25) is 5.02 Å². The summed E-state index contributed by atoms with van der Waals surface area (Å²) in [6.45, 7) is 7.43. The molecule has 0 saturated carbocycles. The van der Waals surface area contributed by atoms with Crippen LogP contribution in [0.3, 0.4) is 0 Å². The van der Waals surface area contributed by atoms with Crippen molar-refractivity contribution in [3.05, 3.63) is 40.4 Å². The number of carbonyl (C=O) groups excluding carboxylic acids is 1. The van der Waals surface area contributed by atoms with Crippen molar-refractivity contribution in [2.24, 2.45) is 11.8 Å². The Kier molecular flexibility index (Phi) is 5.78. The van der Waals surface area contributed by atoms with Gasteiger partial charge in [0, 0.05) is 43.7 Å². The lowest BCUT2D eigenvalue weighted by molar-refractivity contribution is -0.140. The first-order valence-electron chi connectivity index (χ1n) is 9.40. The van der Waals surface area contributed by atoms with Gasteiger partial charge in [-0.05, 0) is 12.0 Å². The van der Waals surface area contributed by atoms with Crippen LogP contribution in [0.15, 0.2) is 29.6 Å². The van der Waals surface area contributed by atoms with Crippen LogP contribution in [0, 0.1) is 11.8 Å². The van der Waals surface area contributed by atoms with Crippen LogP contribution in [0.1, 0.15) is 12.6 Å². The lowest BCUT2D eigenvalue weighted by atomic mass is 9.96.